The minimum Gasteiger partial charge on any atom is -0.319 e. The van der Waals surface area contributed by atoms with Crippen molar-refractivity contribution in [1.29, 1.82) is 0 Å². The van der Waals surface area contributed by atoms with Crippen LogP contribution in [0.5, 0.6) is 0 Å². The molecule has 1 aromatic heterocycles. The molecule has 3 aromatic rings. The Morgan fingerprint density at radius 1 is 1.17 bits per heavy atom. The summed E-state index contributed by atoms with van der Waals surface area (Å²) in [5.41, 5.74) is 0.706. The third-order valence-electron chi connectivity index (χ3n) is 3.28. The van der Waals surface area contributed by atoms with E-state index in [2.05, 4.69) is 10.4 Å². The van der Waals surface area contributed by atoms with Gasteiger partial charge in [-0.15, -0.1) is 0 Å². The number of rotatable bonds is 4. The fraction of sp³-hybridized carbons (Fsp3) is 0. The summed E-state index contributed by atoms with van der Waals surface area (Å²) in [5, 5.41) is 17.8. The molecule has 1 heterocycles. The number of hydrogen-bond donors (Lipinski definition) is 1. The molecule has 7 nitrogen and oxygen atoms in total. The zero-order valence-corrected chi connectivity index (χ0v) is 13.0. The van der Waals surface area contributed by atoms with Crippen LogP contribution in [-0.4, -0.2) is 20.6 Å². The van der Waals surface area contributed by atoms with Crippen LogP contribution < -0.4 is 5.32 Å². The summed E-state index contributed by atoms with van der Waals surface area (Å²) >= 11 is 5.82. The van der Waals surface area contributed by atoms with E-state index in [4.69, 9.17) is 11.6 Å². The van der Waals surface area contributed by atoms with E-state index in [0.29, 0.717) is 5.69 Å². The number of benzene rings is 2. The summed E-state index contributed by atoms with van der Waals surface area (Å²) < 4.78 is 1.59. The number of carbonyl (C=O) groups excluding carboxylic acids is 1. The zero-order chi connectivity index (χ0) is 17.1. The molecule has 0 saturated heterocycles. The third-order valence-corrected chi connectivity index (χ3v) is 3.58. The first kappa shape index (κ1) is 15.7. The highest BCUT2D eigenvalue weighted by atomic mass is 35.5. The summed E-state index contributed by atoms with van der Waals surface area (Å²) in [5.74, 6) is -0.628. The topological polar surface area (TPSA) is 90.1 Å². The van der Waals surface area contributed by atoms with Gasteiger partial charge >= 0.3 is 5.69 Å². The maximum absolute atomic E-state index is 12.3. The SMILES string of the molecule is O=C(Nc1cnn(-c2ccccc2)c1)c1cccc(Cl)c1[N+](=O)[O-]. The number of para-hydroxylation sites is 2. The molecule has 0 saturated carbocycles. The van der Waals surface area contributed by atoms with E-state index in [1.54, 1.807) is 10.9 Å². The van der Waals surface area contributed by atoms with Gasteiger partial charge in [-0.3, -0.25) is 14.9 Å². The average molecular weight is 343 g/mol. The Bertz CT molecular complexity index is 909. The Hall–Kier alpha value is -3.19. The molecule has 0 spiro atoms. The van der Waals surface area contributed by atoms with Crippen LogP contribution in [0.25, 0.3) is 5.69 Å². The van der Waals surface area contributed by atoms with E-state index in [1.165, 1.54) is 24.4 Å². The van der Waals surface area contributed by atoms with Gasteiger partial charge in [0, 0.05) is 0 Å². The Kier molecular flexibility index (Phi) is 4.26. The second-order valence-corrected chi connectivity index (χ2v) is 5.26. The molecule has 1 amide bonds. The number of anilines is 1. The summed E-state index contributed by atoms with van der Waals surface area (Å²) in [6.07, 6.45) is 3.07. The van der Waals surface area contributed by atoms with Gasteiger partial charge in [0.05, 0.1) is 28.7 Å². The van der Waals surface area contributed by atoms with E-state index < -0.39 is 16.5 Å². The van der Waals surface area contributed by atoms with Gasteiger partial charge in [0.15, 0.2) is 0 Å². The molecule has 0 bridgehead atoms. The maximum atomic E-state index is 12.3. The first-order valence-corrected chi connectivity index (χ1v) is 7.28. The molecule has 1 N–H and O–H groups in total. The molecule has 0 radical (unpaired) electrons. The maximum Gasteiger partial charge on any atom is 0.300 e. The Morgan fingerprint density at radius 3 is 2.62 bits per heavy atom. The quantitative estimate of drug-likeness (QED) is 0.578. The number of nitro groups is 1. The van der Waals surface area contributed by atoms with Crippen LogP contribution in [0.15, 0.2) is 60.9 Å². The number of amides is 1. The van der Waals surface area contributed by atoms with E-state index >= 15 is 0 Å². The molecule has 0 unspecified atom stereocenters. The Labute approximate surface area is 141 Å². The third kappa shape index (κ3) is 3.11. The molecule has 24 heavy (non-hydrogen) atoms. The van der Waals surface area contributed by atoms with Gasteiger partial charge in [-0.25, -0.2) is 4.68 Å². The molecule has 3 rings (SSSR count). The highest BCUT2D eigenvalue weighted by Gasteiger charge is 2.23. The lowest BCUT2D eigenvalue weighted by Crippen LogP contribution is -2.13. The van der Waals surface area contributed by atoms with Crippen molar-refractivity contribution in [3.05, 3.63) is 81.6 Å². The number of halogens is 1. The number of aromatic nitrogens is 2. The summed E-state index contributed by atoms with van der Waals surface area (Å²) in [6.45, 7) is 0. The first-order valence-electron chi connectivity index (χ1n) is 6.90. The van der Waals surface area contributed by atoms with Gasteiger partial charge in [0.25, 0.3) is 5.91 Å². The van der Waals surface area contributed by atoms with Crippen molar-refractivity contribution in [2.24, 2.45) is 0 Å². The Morgan fingerprint density at radius 2 is 1.92 bits per heavy atom. The summed E-state index contributed by atoms with van der Waals surface area (Å²) in [4.78, 5) is 22.8. The molecule has 0 atom stereocenters. The van der Waals surface area contributed by atoms with Crippen molar-refractivity contribution in [3.8, 4) is 5.69 Å². The molecule has 0 aliphatic rings. The van der Waals surface area contributed by atoms with Crippen molar-refractivity contribution < 1.29 is 9.72 Å². The fourth-order valence-corrected chi connectivity index (χ4v) is 2.44. The van der Waals surface area contributed by atoms with Crippen LogP contribution >= 0.6 is 11.6 Å². The average Bonchev–Trinajstić information content (AvgIpc) is 3.03. The van der Waals surface area contributed by atoms with E-state index in [-0.39, 0.29) is 10.6 Å². The van der Waals surface area contributed by atoms with Gasteiger partial charge in [-0.05, 0) is 24.3 Å². The van der Waals surface area contributed by atoms with Gasteiger partial charge < -0.3 is 5.32 Å². The molecule has 120 valence electrons. The molecule has 0 aliphatic carbocycles. The number of nitrogens with one attached hydrogen (secondary N) is 1. The minimum absolute atomic E-state index is 0.0902. The zero-order valence-electron chi connectivity index (χ0n) is 12.2. The van der Waals surface area contributed by atoms with Crippen molar-refractivity contribution in [1.82, 2.24) is 9.78 Å². The van der Waals surface area contributed by atoms with Gasteiger partial charge in [0.2, 0.25) is 0 Å². The number of carbonyl (C=O) groups is 1. The number of nitrogens with zero attached hydrogens (tertiary/aromatic N) is 3. The lowest BCUT2D eigenvalue weighted by Gasteiger charge is -2.04. The second kappa shape index (κ2) is 6.51. The summed E-state index contributed by atoms with van der Waals surface area (Å²) in [6, 6.07) is 13.5. The lowest BCUT2D eigenvalue weighted by molar-refractivity contribution is -0.385. The van der Waals surface area contributed by atoms with E-state index in [9.17, 15) is 14.9 Å². The van der Waals surface area contributed by atoms with Gasteiger partial charge in [-0.2, -0.15) is 5.10 Å². The van der Waals surface area contributed by atoms with E-state index in [0.717, 1.165) is 5.69 Å². The monoisotopic (exact) mass is 342 g/mol. The van der Waals surface area contributed by atoms with Crippen molar-refractivity contribution >= 4 is 28.9 Å². The minimum atomic E-state index is -0.676. The lowest BCUT2D eigenvalue weighted by atomic mass is 10.1. The van der Waals surface area contributed by atoms with Crippen molar-refractivity contribution in [2.45, 2.75) is 0 Å². The molecule has 2 aromatic carbocycles. The normalized spacial score (nSPS) is 10.4. The standard InChI is InChI=1S/C16H11ClN4O3/c17-14-8-4-7-13(15(14)21(23)24)16(22)19-11-9-18-20(10-11)12-5-2-1-3-6-12/h1-10H,(H,19,22). The first-order chi connectivity index (χ1) is 11.6. The predicted octanol–water partition coefficient (Wildman–Crippen LogP) is 3.69. The smallest absolute Gasteiger partial charge is 0.300 e. The second-order valence-electron chi connectivity index (χ2n) is 4.86. The fourth-order valence-electron chi connectivity index (χ4n) is 2.19. The van der Waals surface area contributed by atoms with Crippen LogP contribution in [0.4, 0.5) is 11.4 Å². The summed E-state index contributed by atoms with van der Waals surface area (Å²) in [7, 11) is 0. The van der Waals surface area contributed by atoms with Crippen LogP contribution in [0.1, 0.15) is 10.4 Å². The van der Waals surface area contributed by atoms with Crippen LogP contribution in [-0.2, 0) is 0 Å². The van der Waals surface area contributed by atoms with Crippen molar-refractivity contribution in [3.63, 3.8) is 0 Å². The van der Waals surface area contributed by atoms with Gasteiger partial charge in [0.1, 0.15) is 10.6 Å². The Balaban J connectivity index is 1.85. The molecular formula is C16H11ClN4O3. The molecule has 0 aliphatic heterocycles. The van der Waals surface area contributed by atoms with Crippen LogP contribution in [0.3, 0.4) is 0 Å². The number of hydrogen-bond acceptors (Lipinski definition) is 4. The predicted molar refractivity (Wildman–Crippen MR) is 89.6 cm³/mol. The highest BCUT2D eigenvalue weighted by Crippen LogP contribution is 2.28. The molecular weight excluding hydrogens is 332 g/mol. The number of nitro benzene ring substituents is 1. The largest absolute Gasteiger partial charge is 0.319 e. The van der Waals surface area contributed by atoms with Gasteiger partial charge in [-0.1, -0.05) is 35.9 Å². The van der Waals surface area contributed by atoms with Crippen LogP contribution in [0, 0.1) is 10.1 Å². The molecule has 8 heteroatoms. The molecule has 0 fully saturated rings. The van der Waals surface area contributed by atoms with E-state index in [1.807, 2.05) is 30.3 Å². The van der Waals surface area contributed by atoms with Crippen LogP contribution in [0.2, 0.25) is 5.02 Å². The van der Waals surface area contributed by atoms with Crippen molar-refractivity contribution in [2.75, 3.05) is 5.32 Å². The highest BCUT2D eigenvalue weighted by molar-refractivity contribution is 6.33.